The van der Waals surface area contributed by atoms with Crippen LogP contribution in [0.5, 0.6) is 0 Å². The van der Waals surface area contributed by atoms with Crippen LogP contribution in [0.4, 0.5) is 0 Å². The number of benzene rings is 1. The Hall–Kier alpha value is -2.70. The molecule has 4 amide bonds. The van der Waals surface area contributed by atoms with Crippen LogP contribution in [0.15, 0.2) is 18.2 Å². The van der Waals surface area contributed by atoms with E-state index in [0.717, 1.165) is 11.1 Å². The summed E-state index contributed by atoms with van der Waals surface area (Å²) < 4.78 is 0. The van der Waals surface area contributed by atoms with Gasteiger partial charge in [0, 0.05) is 32.0 Å². The molecular weight excluding hydrogens is 310 g/mol. The maximum atomic E-state index is 12.7. The van der Waals surface area contributed by atoms with Crippen molar-refractivity contribution in [1.29, 1.82) is 0 Å². The van der Waals surface area contributed by atoms with E-state index in [0.29, 0.717) is 31.4 Å². The zero-order valence-corrected chi connectivity index (χ0v) is 13.4. The number of nitrogens with one attached hydrogen (secondary N) is 2. The van der Waals surface area contributed by atoms with Crippen molar-refractivity contribution in [3.05, 3.63) is 34.9 Å². The molecule has 3 rings (SSSR count). The number of carbonyl (C=O) groups excluding carboxylic acids is 4. The highest BCUT2D eigenvalue weighted by atomic mass is 16.2. The molecule has 1 aromatic carbocycles. The molecule has 0 aliphatic carbocycles. The van der Waals surface area contributed by atoms with Gasteiger partial charge in [-0.1, -0.05) is 12.1 Å². The summed E-state index contributed by atoms with van der Waals surface area (Å²) in [6.07, 6.45) is 1.51. The Bertz CT molecular complexity index is 729. The van der Waals surface area contributed by atoms with Crippen molar-refractivity contribution in [3.63, 3.8) is 0 Å². The highest BCUT2D eigenvalue weighted by Gasteiger charge is 2.38. The third kappa shape index (κ3) is 3.02. The van der Waals surface area contributed by atoms with E-state index in [1.54, 1.807) is 13.1 Å². The Balaban J connectivity index is 1.74. The Morgan fingerprint density at radius 3 is 2.83 bits per heavy atom. The lowest BCUT2D eigenvalue weighted by atomic mass is 10.0. The predicted octanol–water partition coefficient (Wildman–Crippen LogP) is 0.126. The lowest BCUT2D eigenvalue weighted by Crippen LogP contribution is -2.52. The molecular formula is C17H19N3O4. The van der Waals surface area contributed by atoms with Crippen molar-refractivity contribution >= 4 is 23.6 Å². The van der Waals surface area contributed by atoms with Crippen LogP contribution in [0.2, 0.25) is 0 Å². The molecule has 1 atom stereocenters. The van der Waals surface area contributed by atoms with E-state index in [2.05, 4.69) is 10.6 Å². The first-order chi connectivity index (χ1) is 11.5. The van der Waals surface area contributed by atoms with Crippen LogP contribution in [0.1, 0.15) is 40.7 Å². The molecule has 0 aromatic heterocycles. The summed E-state index contributed by atoms with van der Waals surface area (Å²) in [5, 5.41) is 4.86. The maximum Gasteiger partial charge on any atom is 0.255 e. The van der Waals surface area contributed by atoms with Crippen LogP contribution >= 0.6 is 0 Å². The van der Waals surface area contributed by atoms with Crippen LogP contribution < -0.4 is 10.6 Å². The van der Waals surface area contributed by atoms with Gasteiger partial charge in [0.2, 0.25) is 17.7 Å². The third-order valence-electron chi connectivity index (χ3n) is 4.51. The minimum absolute atomic E-state index is 0.0491. The average molecular weight is 329 g/mol. The summed E-state index contributed by atoms with van der Waals surface area (Å²) in [7, 11) is 1.59. The second-order valence-corrected chi connectivity index (χ2v) is 6.06. The standard InChI is InChI=1S/C17H19N3O4/c1-18-14(21)6-3-10-2-4-11-9-20(17(24)12(11)8-10)13-5-7-15(22)19-16(13)23/h2,4,8,13H,3,5-7,9H2,1H3,(H,18,21)(H,19,22,23). The molecule has 24 heavy (non-hydrogen) atoms. The van der Waals surface area contributed by atoms with Gasteiger partial charge >= 0.3 is 0 Å². The molecule has 1 unspecified atom stereocenters. The SMILES string of the molecule is CNC(=O)CCc1ccc2c(c1)C(=O)N(C1CCC(=O)NC1=O)C2. The lowest BCUT2D eigenvalue weighted by molar-refractivity contribution is -0.137. The normalized spacial score (nSPS) is 20.0. The van der Waals surface area contributed by atoms with Crippen molar-refractivity contribution in [2.45, 2.75) is 38.3 Å². The van der Waals surface area contributed by atoms with Crippen molar-refractivity contribution < 1.29 is 19.2 Å². The molecule has 1 saturated heterocycles. The first-order valence-electron chi connectivity index (χ1n) is 7.96. The fourth-order valence-corrected chi connectivity index (χ4v) is 3.14. The Kier molecular flexibility index (Phi) is 4.33. The maximum absolute atomic E-state index is 12.7. The van der Waals surface area contributed by atoms with Gasteiger partial charge < -0.3 is 10.2 Å². The summed E-state index contributed by atoms with van der Waals surface area (Å²) in [6, 6.07) is 4.98. The molecule has 1 aromatic rings. The minimum atomic E-state index is -0.600. The minimum Gasteiger partial charge on any atom is -0.359 e. The monoisotopic (exact) mass is 329 g/mol. The smallest absolute Gasteiger partial charge is 0.255 e. The summed E-state index contributed by atoms with van der Waals surface area (Å²) in [5.41, 5.74) is 2.36. The number of nitrogens with zero attached hydrogens (tertiary/aromatic N) is 1. The van der Waals surface area contributed by atoms with Gasteiger partial charge in [-0.3, -0.25) is 24.5 Å². The zero-order chi connectivity index (χ0) is 17.3. The van der Waals surface area contributed by atoms with Crippen molar-refractivity contribution in [2.75, 3.05) is 7.05 Å². The van der Waals surface area contributed by atoms with E-state index in [1.807, 2.05) is 12.1 Å². The Morgan fingerprint density at radius 1 is 1.33 bits per heavy atom. The zero-order valence-electron chi connectivity index (χ0n) is 13.4. The molecule has 2 N–H and O–H groups in total. The van der Waals surface area contributed by atoms with Crippen LogP contribution in [-0.2, 0) is 27.3 Å². The topological polar surface area (TPSA) is 95.6 Å². The number of imide groups is 1. The first-order valence-corrected chi connectivity index (χ1v) is 7.96. The molecule has 126 valence electrons. The Labute approximate surface area is 139 Å². The first kappa shape index (κ1) is 16.2. The van der Waals surface area contributed by atoms with Crippen molar-refractivity contribution in [2.24, 2.45) is 0 Å². The second kappa shape index (κ2) is 6.43. The van der Waals surface area contributed by atoms with Gasteiger partial charge in [0.15, 0.2) is 0 Å². The summed E-state index contributed by atoms with van der Waals surface area (Å²) in [6.45, 7) is 0.371. The number of hydrogen-bond acceptors (Lipinski definition) is 4. The number of fused-ring (bicyclic) bond motifs is 1. The third-order valence-corrected chi connectivity index (χ3v) is 4.51. The van der Waals surface area contributed by atoms with Gasteiger partial charge in [-0.05, 0) is 30.0 Å². The molecule has 7 nitrogen and oxygen atoms in total. The van der Waals surface area contributed by atoms with Gasteiger partial charge in [0.25, 0.3) is 5.91 Å². The Morgan fingerprint density at radius 2 is 2.12 bits per heavy atom. The van der Waals surface area contributed by atoms with Crippen LogP contribution in [0.25, 0.3) is 0 Å². The van der Waals surface area contributed by atoms with Crippen LogP contribution in [0.3, 0.4) is 0 Å². The molecule has 0 saturated carbocycles. The molecule has 2 aliphatic rings. The van der Waals surface area contributed by atoms with E-state index in [4.69, 9.17) is 0 Å². The van der Waals surface area contributed by atoms with Crippen LogP contribution in [-0.4, -0.2) is 41.6 Å². The highest BCUT2D eigenvalue weighted by Crippen LogP contribution is 2.28. The predicted molar refractivity (Wildman–Crippen MR) is 84.9 cm³/mol. The molecule has 0 spiro atoms. The van der Waals surface area contributed by atoms with E-state index in [-0.39, 0.29) is 24.1 Å². The van der Waals surface area contributed by atoms with Gasteiger partial charge in [-0.2, -0.15) is 0 Å². The van der Waals surface area contributed by atoms with Gasteiger partial charge in [0.1, 0.15) is 6.04 Å². The van der Waals surface area contributed by atoms with Gasteiger partial charge in [0.05, 0.1) is 0 Å². The number of amides is 4. The lowest BCUT2D eigenvalue weighted by Gasteiger charge is -2.29. The summed E-state index contributed by atoms with van der Waals surface area (Å²) >= 11 is 0. The molecule has 2 aliphatic heterocycles. The second-order valence-electron chi connectivity index (χ2n) is 6.06. The number of piperidine rings is 1. The molecule has 2 heterocycles. The van der Waals surface area contributed by atoms with E-state index in [9.17, 15) is 19.2 Å². The fourth-order valence-electron chi connectivity index (χ4n) is 3.14. The fraction of sp³-hybridized carbons (Fsp3) is 0.412. The summed E-state index contributed by atoms with van der Waals surface area (Å²) in [5.74, 6) is -0.947. The number of aryl methyl sites for hydroxylation is 1. The number of carbonyl (C=O) groups is 4. The molecule has 0 radical (unpaired) electrons. The molecule has 1 fully saturated rings. The molecule has 0 bridgehead atoms. The van der Waals surface area contributed by atoms with E-state index >= 15 is 0 Å². The van der Waals surface area contributed by atoms with Gasteiger partial charge in [-0.25, -0.2) is 0 Å². The number of rotatable bonds is 4. The van der Waals surface area contributed by atoms with Gasteiger partial charge in [-0.15, -0.1) is 0 Å². The average Bonchev–Trinajstić information content (AvgIpc) is 2.89. The van der Waals surface area contributed by atoms with Crippen molar-refractivity contribution in [1.82, 2.24) is 15.5 Å². The highest BCUT2D eigenvalue weighted by molar-refractivity contribution is 6.05. The molecule has 7 heteroatoms. The quantitative estimate of drug-likeness (QED) is 0.767. The van der Waals surface area contributed by atoms with Crippen molar-refractivity contribution in [3.8, 4) is 0 Å². The summed E-state index contributed by atoms with van der Waals surface area (Å²) in [4.78, 5) is 48.8. The number of hydrogen-bond donors (Lipinski definition) is 2. The van der Waals surface area contributed by atoms with Crippen LogP contribution in [0, 0.1) is 0 Å². The van der Waals surface area contributed by atoms with E-state index in [1.165, 1.54) is 4.90 Å². The largest absolute Gasteiger partial charge is 0.359 e. The van der Waals surface area contributed by atoms with E-state index < -0.39 is 11.9 Å².